The minimum Gasteiger partial charge on any atom is -0.338 e. The van der Waals surface area contributed by atoms with Crippen molar-refractivity contribution in [2.45, 2.75) is 63.4 Å². The highest BCUT2D eigenvalue weighted by Gasteiger charge is 2.35. The molecule has 1 aliphatic carbocycles. The van der Waals surface area contributed by atoms with Crippen LogP contribution < -0.4 is 5.32 Å². The van der Waals surface area contributed by atoms with Gasteiger partial charge in [-0.1, -0.05) is 26.0 Å². The van der Waals surface area contributed by atoms with Crippen molar-refractivity contribution < 1.29 is 4.79 Å². The fourth-order valence-electron chi connectivity index (χ4n) is 5.09. The molecule has 5 rings (SSSR count). The van der Waals surface area contributed by atoms with E-state index >= 15 is 0 Å². The minimum absolute atomic E-state index is 0.0333. The highest BCUT2D eigenvalue weighted by molar-refractivity contribution is 7.98. The molecule has 0 saturated carbocycles. The van der Waals surface area contributed by atoms with Gasteiger partial charge in [0.15, 0.2) is 0 Å². The number of nitrogens with zero attached hydrogens (tertiary/aromatic N) is 2. The van der Waals surface area contributed by atoms with Crippen LogP contribution in [0.25, 0.3) is 5.00 Å². The van der Waals surface area contributed by atoms with Crippen molar-refractivity contribution in [3.63, 3.8) is 0 Å². The Morgan fingerprint density at radius 2 is 1.94 bits per heavy atom. The maximum absolute atomic E-state index is 13.7. The number of aromatic nitrogens is 1. The molecule has 1 aromatic carbocycles. The van der Waals surface area contributed by atoms with E-state index in [4.69, 9.17) is 0 Å². The maximum atomic E-state index is 13.7. The van der Waals surface area contributed by atoms with Crippen LogP contribution in [-0.2, 0) is 19.4 Å². The van der Waals surface area contributed by atoms with E-state index in [1.807, 2.05) is 11.3 Å². The highest BCUT2D eigenvalue weighted by Crippen LogP contribution is 2.44. The Hall–Kier alpha value is -2.18. The number of rotatable bonds is 5. The number of fused-ring (bicyclic) bond motifs is 5. The van der Waals surface area contributed by atoms with E-state index in [0.29, 0.717) is 19.0 Å². The van der Waals surface area contributed by atoms with Gasteiger partial charge in [0.25, 0.3) is 0 Å². The number of hydrogen-bond acceptors (Lipinski definition) is 3. The highest BCUT2D eigenvalue weighted by atomic mass is 32.2. The normalized spacial score (nSPS) is 17.3. The van der Waals surface area contributed by atoms with Gasteiger partial charge in [-0.3, -0.25) is 0 Å². The molecule has 0 fully saturated rings. The van der Waals surface area contributed by atoms with Gasteiger partial charge < -0.3 is 14.8 Å². The summed E-state index contributed by atoms with van der Waals surface area (Å²) in [6, 6.07) is 13.0. The van der Waals surface area contributed by atoms with Gasteiger partial charge in [-0.25, -0.2) is 4.79 Å². The fourth-order valence-corrected chi connectivity index (χ4v) is 6.91. The van der Waals surface area contributed by atoms with Crippen molar-refractivity contribution in [3.05, 3.63) is 69.9 Å². The topological polar surface area (TPSA) is 37.3 Å². The summed E-state index contributed by atoms with van der Waals surface area (Å²) in [5.74, 6) is 0.567. The zero-order valence-corrected chi connectivity index (χ0v) is 21.4. The molecule has 4 nitrogen and oxygen atoms in total. The Morgan fingerprint density at radius 3 is 2.70 bits per heavy atom. The van der Waals surface area contributed by atoms with Crippen LogP contribution in [0, 0.1) is 5.92 Å². The van der Waals surface area contributed by atoms with Crippen molar-refractivity contribution in [1.82, 2.24) is 14.8 Å². The molecule has 2 aromatic heterocycles. The van der Waals surface area contributed by atoms with Crippen molar-refractivity contribution in [2.24, 2.45) is 5.92 Å². The molecule has 0 saturated heterocycles. The van der Waals surface area contributed by atoms with Crippen molar-refractivity contribution in [3.8, 4) is 5.00 Å². The zero-order chi connectivity index (χ0) is 22.9. The molecule has 2 aliphatic rings. The van der Waals surface area contributed by atoms with Crippen LogP contribution in [0.2, 0.25) is 0 Å². The standard InChI is InChI=1S/C27H33N3OS2/c1-18(2)14-15-28-27(31)30-17-22-21-7-4-5-9-24(21)33-26(22)29-16-6-8-23(29)25(30)19-10-12-20(32-3)13-11-19/h6,8,10-13,16,18,25H,4-5,7,9,14-15,17H2,1-3H3,(H,28,31)/t25-/m0/s1. The first-order valence-electron chi connectivity index (χ1n) is 12.1. The monoisotopic (exact) mass is 479 g/mol. The Balaban J connectivity index is 1.60. The summed E-state index contributed by atoms with van der Waals surface area (Å²) < 4.78 is 2.35. The number of thiophene rings is 1. The SMILES string of the molecule is CSc1ccc([C@H]2c3cccn3-c3sc4c(c3CN2C(=O)NCCC(C)C)CCCC4)cc1. The second-order valence-corrected chi connectivity index (χ2v) is 11.5. The number of carbonyl (C=O) groups excluding carboxylic acids is 1. The Morgan fingerprint density at radius 1 is 1.15 bits per heavy atom. The Labute approximate surface area is 205 Å². The number of hydrogen-bond donors (Lipinski definition) is 1. The lowest BCUT2D eigenvalue weighted by atomic mass is 9.95. The number of urea groups is 1. The lowest BCUT2D eigenvalue weighted by Crippen LogP contribution is -2.42. The first-order chi connectivity index (χ1) is 16.1. The smallest absolute Gasteiger partial charge is 0.318 e. The van der Waals surface area contributed by atoms with Gasteiger partial charge in [-0.05, 0) is 79.7 Å². The largest absolute Gasteiger partial charge is 0.338 e. The van der Waals surface area contributed by atoms with Gasteiger partial charge >= 0.3 is 6.03 Å². The van der Waals surface area contributed by atoms with E-state index in [-0.39, 0.29) is 12.1 Å². The minimum atomic E-state index is -0.117. The molecule has 0 spiro atoms. The molecule has 3 heterocycles. The number of nitrogens with one attached hydrogen (secondary N) is 1. The molecule has 0 radical (unpaired) electrons. The van der Waals surface area contributed by atoms with Gasteiger partial charge in [0.2, 0.25) is 0 Å². The average Bonchev–Trinajstić information content (AvgIpc) is 3.41. The molecule has 1 atom stereocenters. The predicted molar refractivity (Wildman–Crippen MR) is 139 cm³/mol. The fraction of sp³-hybridized carbons (Fsp3) is 0.444. The molecule has 6 heteroatoms. The van der Waals surface area contributed by atoms with Gasteiger partial charge in [-0.2, -0.15) is 0 Å². The summed E-state index contributed by atoms with van der Waals surface area (Å²) in [7, 11) is 0. The van der Waals surface area contributed by atoms with Crippen molar-refractivity contribution >= 4 is 29.1 Å². The average molecular weight is 480 g/mol. The quantitative estimate of drug-likeness (QED) is 0.409. The lowest BCUT2D eigenvalue weighted by Gasteiger charge is -2.31. The van der Waals surface area contributed by atoms with Crippen molar-refractivity contribution in [2.75, 3.05) is 12.8 Å². The first kappa shape index (κ1) is 22.6. The van der Waals surface area contributed by atoms with Crippen LogP contribution in [-0.4, -0.2) is 28.3 Å². The van der Waals surface area contributed by atoms with Crippen molar-refractivity contribution in [1.29, 1.82) is 0 Å². The van der Waals surface area contributed by atoms with Crippen LogP contribution in [0.5, 0.6) is 0 Å². The molecule has 0 unspecified atom stereocenters. The second kappa shape index (κ2) is 9.59. The Kier molecular flexibility index (Phi) is 6.57. The molecular formula is C27H33N3OS2. The van der Waals surface area contributed by atoms with Crippen LogP contribution in [0.3, 0.4) is 0 Å². The lowest BCUT2D eigenvalue weighted by molar-refractivity contribution is 0.180. The van der Waals surface area contributed by atoms with E-state index in [0.717, 1.165) is 18.4 Å². The van der Waals surface area contributed by atoms with Crippen LogP contribution >= 0.6 is 23.1 Å². The van der Waals surface area contributed by atoms with E-state index in [1.54, 1.807) is 11.8 Å². The maximum Gasteiger partial charge on any atom is 0.318 e. The summed E-state index contributed by atoms with van der Waals surface area (Å²) in [4.78, 5) is 18.5. The number of thioether (sulfide) groups is 1. The molecule has 0 bridgehead atoms. The number of amides is 2. The molecule has 33 heavy (non-hydrogen) atoms. The summed E-state index contributed by atoms with van der Waals surface area (Å²) in [5.41, 5.74) is 5.19. The van der Waals surface area contributed by atoms with E-state index in [9.17, 15) is 4.79 Å². The van der Waals surface area contributed by atoms with Gasteiger partial charge in [-0.15, -0.1) is 23.1 Å². The van der Waals surface area contributed by atoms with Crippen LogP contribution in [0.4, 0.5) is 4.79 Å². The molecule has 1 N–H and O–H groups in total. The molecule has 2 amide bonds. The summed E-state index contributed by atoms with van der Waals surface area (Å²) >= 11 is 3.69. The van der Waals surface area contributed by atoms with E-state index < -0.39 is 0 Å². The summed E-state index contributed by atoms with van der Waals surface area (Å²) in [6.45, 7) is 5.77. The van der Waals surface area contributed by atoms with Gasteiger partial charge in [0.1, 0.15) is 5.00 Å². The number of carbonyl (C=O) groups is 1. The summed E-state index contributed by atoms with van der Waals surface area (Å²) in [6.07, 6.45) is 10.1. The predicted octanol–water partition coefficient (Wildman–Crippen LogP) is 6.80. The van der Waals surface area contributed by atoms with Gasteiger partial charge in [0.05, 0.1) is 18.3 Å². The Bertz CT molecular complexity index is 1130. The zero-order valence-electron chi connectivity index (χ0n) is 19.8. The molecule has 3 aromatic rings. The number of aryl methyl sites for hydroxylation is 1. The van der Waals surface area contributed by atoms with Crippen LogP contribution in [0.15, 0.2) is 47.5 Å². The van der Waals surface area contributed by atoms with Crippen LogP contribution in [0.1, 0.15) is 66.4 Å². The van der Waals surface area contributed by atoms with Gasteiger partial charge in [0, 0.05) is 28.1 Å². The first-order valence-corrected chi connectivity index (χ1v) is 14.1. The third-order valence-corrected chi connectivity index (χ3v) is 8.95. The second-order valence-electron chi connectivity index (χ2n) is 9.52. The summed E-state index contributed by atoms with van der Waals surface area (Å²) in [5, 5.41) is 4.55. The molecule has 1 aliphatic heterocycles. The van der Waals surface area contributed by atoms with E-state index in [1.165, 1.54) is 50.9 Å². The third kappa shape index (κ3) is 4.35. The molecular weight excluding hydrogens is 446 g/mol. The third-order valence-electron chi connectivity index (χ3n) is 6.87. The molecule has 174 valence electrons. The van der Waals surface area contributed by atoms with E-state index in [2.05, 4.69) is 77.5 Å². The number of benzene rings is 1.